The predicted octanol–water partition coefficient (Wildman–Crippen LogP) is 1.58. The predicted molar refractivity (Wildman–Crippen MR) is 78.0 cm³/mol. The molecule has 0 radical (unpaired) electrons. The Morgan fingerprint density at radius 2 is 2.11 bits per heavy atom. The molecule has 0 aromatic heterocycles. The third-order valence-corrected chi connectivity index (χ3v) is 4.36. The fourth-order valence-electron chi connectivity index (χ4n) is 2.15. The van der Waals surface area contributed by atoms with Gasteiger partial charge in [0.2, 0.25) is 10.0 Å². The van der Waals surface area contributed by atoms with Crippen molar-refractivity contribution in [1.29, 1.82) is 0 Å². The van der Waals surface area contributed by atoms with Gasteiger partial charge in [-0.25, -0.2) is 13.1 Å². The van der Waals surface area contributed by atoms with Crippen molar-refractivity contribution in [3.8, 4) is 0 Å². The van der Waals surface area contributed by atoms with Crippen LogP contribution in [-0.4, -0.2) is 28.1 Å². The SMILES string of the molecule is O=S(=O)(/C=C/c1ccccc1)NCCC1CCNC1. The lowest BCUT2D eigenvalue weighted by molar-refractivity contribution is 0.521. The molecule has 1 aliphatic heterocycles. The smallest absolute Gasteiger partial charge is 0.233 e. The van der Waals surface area contributed by atoms with Crippen LogP contribution >= 0.6 is 0 Å². The summed E-state index contributed by atoms with van der Waals surface area (Å²) in [6, 6.07) is 9.41. The summed E-state index contributed by atoms with van der Waals surface area (Å²) in [6.07, 6.45) is 3.65. The van der Waals surface area contributed by atoms with Gasteiger partial charge in [0, 0.05) is 12.0 Å². The molecule has 0 spiro atoms. The molecule has 2 rings (SSSR count). The van der Waals surface area contributed by atoms with Crippen molar-refractivity contribution < 1.29 is 8.42 Å². The van der Waals surface area contributed by atoms with Crippen LogP contribution in [0.25, 0.3) is 6.08 Å². The molecule has 1 aliphatic rings. The third kappa shape index (κ3) is 5.14. The summed E-state index contributed by atoms with van der Waals surface area (Å²) in [4.78, 5) is 0. The van der Waals surface area contributed by atoms with E-state index in [-0.39, 0.29) is 0 Å². The number of rotatable bonds is 6. The molecule has 0 amide bonds. The summed E-state index contributed by atoms with van der Waals surface area (Å²) in [6.45, 7) is 2.56. The van der Waals surface area contributed by atoms with E-state index in [1.807, 2.05) is 30.3 Å². The Kier molecular flexibility index (Phi) is 5.13. The molecule has 0 bridgehead atoms. The number of benzene rings is 1. The molecule has 1 saturated heterocycles. The van der Waals surface area contributed by atoms with Crippen LogP contribution in [0.5, 0.6) is 0 Å². The highest BCUT2D eigenvalue weighted by molar-refractivity contribution is 7.92. The van der Waals surface area contributed by atoms with E-state index in [9.17, 15) is 8.42 Å². The average Bonchev–Trinajstić information content (AvgIpc) is 2.91. The second kappa shape index (κ2) is 6.84. The molecule has 1 atom stereocenters. The van der Waals surface area contributed by atoms with Gasteiger partial charge in [-0.3, -0.25) is 0 Å². The highest BCUT2D eigenvalue weighted by atomic mass is 32.2. The number of hydrogen-bond donors (Lipinski definition) is 2. The molecule has 1 unspecified atom stereocenters. The topological polar surface area (TPSA) is 58.2 Å². The van der Waals surface area contributed by atoms with Gasteiger partial charge in [0.15, 0.2) is 0 Å². The molecule has 1 aromatic carbocycles. The van der Waals surface area contributed by atoms with Crippen molar-refractivity contribution in [1.82, 2.24) is 10.0 Å². The van der Waals surface area contributed by atoms with E-state index in [0.29, 0.717) is 12.5 Å². The van der Waals surface area contributed by atoms with Crippen LogP contribution in [0.2, 0.25) is 0 Å². The van der Waals surface area contributed by atoms with E-state index in [1.165, 1.54) is 5.41 Å². The first-order valence-corrected chi connectivity index (χ1v) is 8.14. The largest absolute Gasteiger partial charge is 0.316 e. The van der Waals surface area contributed by atoms with Crippen molar-refractivity contribution in [2.24, 2.45) is 5.92 Å². The summed E-state index contributed by atoms with van der Waals surface area (Å²) in [5.41, 5.74) is 0.882. The maximum absolute atomic E-state index is 11.8. The van der Waals surface area contributed by atoms with E-state index >= 15 is 0 Å². The van der Waals surface area contributed by atoms with Gasteiger partial charge in [0.1, 0.15) is 0 Å². The number of sulfonamides is 1. The van der Waals surface area contributed by atoms with E-state index in [1.54, 1.807) is 6.08 Å². The standard InChI is InChI=1S/C14H20N2O2S/c17-19(18,11-8-13-4-2-1-3-5-13)16-10-7-14-6-9-15-12-14/h1-5,8,11,14-16H,6-7,9-10,12H2/b11-8+. The van der Waals surface area contributed by atoms with Crippen molar-refractivity contribution in [3.63, 3.8) is 0 Å². The first-order valence-electron chi connectivity index (χ1n) is 6.59. The van der Waals surface area contributed by atoms with Gasteiger partial charge >= 0.3 is 0 Å². The maximum Gasteiger partial charge on any atom is 0.233 e. The molecule has 4 nitrogen and oxygen atoms in total. The first kappa shape index (κ1) is 14.2. The monoisotopic (exact) mass is 280 g/mol. The van der Waals surface area contributed by atoms with Crippen LogP contribution in [0.1, 0.15) is 18.4 Å². The highest BCUT2D eigenvalue weighted by Crippen LogP contribution is 2.11. The van der Waals surface area contributed by atoms with Crippen molar-refractivity contribution in [3.05, 3.63) is 41.3 Å². The number of hydrogen-bond acceptors (Lipinski definition) is 3. The van der Waals surface area contributed by atoms with Crippen molar-refractivity contribution >= 4 is 16.1 Å². The number of nitrogens with one attached hydrogen (secondary N) is 2. The molecule has 1 fully saturated rings. The quantitative estimate of drug-likeness (QED) is 0.831. The van der Waals surface area contributed by atoms with Gasteiger partial charge in [-0.1, -0.05) is 30.3 Å². The molecule has 1 heterocycles. The fraction of sp³-hybridized carbons (Fsp3) is 0.429. The van der Waals surface area contributed by atoms with E-state index in [0.717, 1.165) is 31.5 Å². The Labute approximate surface area is 115 Å². The molecule has 1 aromatic rings. The minimum Gasteiger partial charge on any atom is -0.316 e. The summed E-state index contributed by atoms with van der Waals surface area (Å²) in [5, 5.41) is 4.51. The van der Waals surface area contributed by atoms with Crippen LogP contribution in [0.3, 0.4) is 0 Å². The zero-order valence-corrected chi connectivity index (χ0v) is 11.7. The Morgan fingerprint density at radius 1 is 1.32 bits per heavy atom. The molecular weight excluding hydrogens is 260 g/mol. The van der Waals surface area contributed by atoms with Gasteiger partial charge in [-0.15, -0.1) is 0 Å². The molecule has 2 N–H and O–H groups in total. The van der Waals surface area contributed by atoms with Crippen molar-refractivity contribution in [2.45, 2.75) is 12.8 Å². The fourth-order valence-corrected chi connectivity index (χ4v) is 2.98. The van der Waals surface area contributed by atoms with Crippen LogP contribution < -0.4 is 10.0 Å². The van der Waals surface area contributed by atoms with Gasteiger partial charge < -0.3 is 5.32 Å². The van der Waals surface area contributed by atoms with Crippen LogP contribution in [0.15, 0.2) is 35.7 Å². The lowest BCUT2D eigenvalue weighted by Gasteiger charge is -2.07. The Morgan fingerprint density at radius 3 is 2.79 bits per heavy atom. The zero-order chi connectivity index (χ0) is 13.6. The summed E-state index contributed by atoms with van der Waals surface area (Å²) >= 11 is 0. The lowest BCUT2D eigenvalue weighted by atomic mass is 10.1. The minimum atomic E-state index is -3.32. The van der Waals surface area contributed by atoms with Gasteiger partial charge in [0.25, 0.3) is 0 Å². The van der Waals surface area contributed by atoms with Crippen molar-refractivity contribution in [2.75, 3.05) is 19.6 Å². The molecule has 104 valence electrons. The van der Waals surface area contributed by atoms with Crippen LogP contribution in [0, 0.1) is 5.92 Å². The Hall–Kier alpha value is -1.17. The Balaban J connectivity index is 1.79. The summed E-state index contributed by atoms with van der Waals surface area (Å²) in [5.74, 6) is 0.598. The van der Waals surface area contributed by atoms with Crippen LogP contribution in [-0.2, 0) is 10.0 Å². The van der Waals surface area contributed by atoms with Gasteiger partial charge in [-0.05, 0) is 43.5 Å². The molecular formula is C14H20N2O2S. The second-order valence-electron chi connectivity index (χ2n) is 4.80. The zero-order valence-electron chi connectivity index (χ0n) is 10.9. The van der Waals surface area contributed by atoms with Crippen LogP contribution in [0.4, 0.5) is 0 Å². The normalized spacial score (nSPS) is 20.1. The minimum absolute atomic E-state index is 0.508. The van der Waals surface area contributed by atoms with E-state index < -0.39 is 10.0 Å². The van der Waals surface area contributed by atoms with E-state index in [2.05, 4.69) is 10.0 Å². The lowest BCUT2D eigenvalue weighted by Crippen LogP contribution is -2.24. The van der Waals surface area contributed by atoms with Gasteiger partial charge in [0.05, 0.1) is 0 Å². The summed E-state index contributed by atoms with van der Waals surface area (Å²) < 4.78 is 26.1. The highest BCUT2D eigenvalue weighted by Gasteiger charge is 2.14. The second-order valence-corrected chi connectivity index (χ2v) is 6.45. The summed E-state index contributed by atoms with van der Waals surface area (Å²) in [7, 11) is -3.32. The molecule has 0 aliphatic carbocycles. The molecule has 5 heteroatoms. The third-order valence-electron chi connectivity index (χ3n) is 3.26. The maximum atomic E-state index is 11.8. The van der Waals surface area contributed by atoms with E-state index in [4.69, 9.17) is 0 Å². The Bertz CT molecular complexity index is 506. The molecule has 0 saturated carbocycles. The first-order chi connectivity index (χ1) is 9.16. The molecule has 19 heavy (non-hydrogen) atoms. The average molecular weight is 280 g/mol. The van der Waals surface area contributed by atoms with Gasteiger partial charge in [-0.2, -0.15) is 0 Å².